The maximum Gasteiger partial charge on any atom is 0.301 e. The van der Waals surface area contributed by atoms with E-state index in [-0.39, 0.29) is 22.2 Å². The van der Waals surface area contributed by atoms with Crippen molar-refractivity contribution in [3.8, 4) is 11.5 Å². The summed E-state index contributed by atoms with van der Waals surface area (Å²) in [5.41, 5.74) is 2.26. The number of ether oxygens (including phenoxy) is 2. The zero-order chi connectivity index (χ0) is 26.4. The highest BCUT2D eigenvalue weighted by Gasteiger charge is 2.48. The number of thiazole rings is 1. The lowest BCUT2D eigenvalue weighted by atomic mass is 9.95. The summed E-state index contributed by atoms with van der Waals surface area (Å²) in [6.45, 7) is 3.89. The Hall–Kier alpha value is -4.18. The fraction of sp³-hybridized carbons (Fsp3) is 0.259. The normalized spacial score (nSPS) is 18.3. The van der Waals surface area contributed by atoms with Gasteiger partial charge in [0.2, 0.25) is 0 Å². The predicted molar refractivity (Wildman–Crippen MR) is 140 cm³/mol. The van der Waals surface area contributed by atoms with Crippen LogP contribution in [0.3, 0.4) is 0 Å². The number of hydrogen-bond donors (Lipinski definition) is 1. The van der Waals surface area contributed by atoms with Crippen LogP contribution in [0.1, 0.15) is 39.5 Å². The van der Waals surface area contributed by atoms with E-state index in [1.807, 2.05) is 43.3 Å². The molecule has 2 aliphatic heterocycles. The molecule has 0 saturated carbocycles. The van der Waals surface area contributed by atoms with Crippen LogP contribution in [0.15, 0.2) is 48.0 Å². The summed E-state index contributed by atoms with van der Waals surface area (Å²) >= 11 is 1.05. The molecule has 3 aromatic rings. The van der Waals surface area contributed by atoms with E-state index in [9.17, 15) is 19.5 Å². The lowest BCUT2D eigenvalue weighted by Gasteiger charge is -2.24. The molecular formula is C27H25N3O6S. The van der Waals surface area contributed by atoms with Crippen molar-refractivity contribution in [3.63, 3.8) is 0 Å². The zero-order valence-corrected chi connectivity index (χ0v) is 21.6. The van der Waals surface area contributed by atoms with Crippen LogP contribution in [0.25, 0.3) is 5.76 Å². The number of amides is 1. The number of fused-ring (bicyclic) bond motifs is 1. The molecule has 1 atom stereocenters. The summed E-state index contributed by atoms with van der Waals surface area (Å²) < 4.78 is 11.2. The molecule has 1 N–H and O–H groups in total. The number of nitrogens with zero attached hydrogens (tertiary/aromatic N) is 3. The summed E-state index contributed by atoms with van der Waals surface area (Å²) in [6.07, 6.45) is 0. The molecule has 0 aliphatic carbocycles. The van der Waals surface area contributed by atoms with Crippen LogP contribution in [0.5, 0.6) is 11.5 Å². The molecule has 1 unspecified atom stereocenters. The first-order valence-electron chi connectivity index (χ1n) is 11.6. The summed E-state index contributed by atoms with van der Waals surface area (Å²) in [6, 6.07) is 11.3. The number of carbonyl (C=O) groups is 3. The van der Waals surface area contributed by atoms with Gasteiger partial charge in [-0.15, -0.1) is 0 Å². The highest BCUT2D eigenvalue weighted by Crippen LogP contribution is 2.45. The van der Waals surface area contributed by atoms with Gasteiger partial charge >= 0.3 is 5.91 Å². The van der Waals surface area contributed by atoms with Crippen molar-refractivity contribution in [1.82, 2.24) is 4.98 Å². The smallest absolute Gasteiger partial charge is 0.301 e. The average molecular weight is 520 g/mol. The quantitative estimate of drug-likeness (QED) is 0.232. The van der Waals surface area contributed by atoms with Crippen molar-refractivity contribution < 1.29 is 29.0 Å². The molecule has 9 nitrogen and oxygen atoms in total. The van der Waals surface area contributed by atoms with Crippen molar-refractivity contribution in [2.75, 3.05) is 37.1 Å². The third-order valence-corrected chi connectivity index (χ3v) is 7.55. The minimum Gasteiger partial charge on any atom is -0.507 e. The maximum absolute atomic E-state index is 13.4. The van der Waals surface area contributed by atoms with E-state index >= 15 is 0 Å². The highest BCUT2D eigenvalue weighted by molar-refractivity contribution is 7.18. The van der Waals surface area contributed by atoms with E-state index in [1.165, 1.54) is 11.8 Å². The van der Waals surface area contributed by atoms with Gasteiger partial charge in [-0.25, -0.2) is 4.98 Å². The average Bonchev–Trinajstić information content (AvgIpc) is 3.40. The van der Waals surface area contributed by atoms with Gasteiger partial charge in [-0.3, -0.25) is 19.3 Å². The molecule has 2 aliphatic rings. The second kappa shape index (κ2) is 9.36. The topological polar surface area (TPSA) is 109 Å². The number of benzene rings is 2. The standard InChI is InChI=1S/C27H25N3O6S/c1-14-25(15(2)31)37-27(28-14)30-22(16-5-8-18(9-6-16)29(3)4)21(24(33)26(30)34)23(32)17-7-10-19-20(13-17)36-12-11-35-19/h5-10,13,22,32H,11-12H2,1-4H3. The third kappa shape index (κ3) is 4.23. The van der Waals surface area contributed by atoms with Gasteiger partial charge in [0, 0.05) is 32.3 Å². The molecule has 1 saturated heterocycles. The van der Waals surface area contributed by atoms with E-state index in [1.54, 1.807) is 25.1 Å². The largest absolute Gasteiger partial charge is 0.507 e. The van der Waals surface area contributed by atoms with Crippen LogP contribution in [0, 0.1) is 6.92 Å². The van der Waals surface area contributed by atoms with Crippen molar-refractivity contribution >= 4 is 45.4 Å². The molecule has 0 radical (unpaired) electrons. The molecule has 5 rings (SSSR count). The predicted octanol–water partition coefficient (Wildman–Crippen LogP) is 4.12. The number of aliphatic hydroxyl groups excluding tert-OH is 1. The molecule has 0 bridgehead atoms. The fourth-order valence-electron chi connectivity index (χ4n) is 4.46. The van der Waals surface area contributed by atoms with Gasteiger partial charge in [-0.2, -0.15) is 0 Å². The second-order valence-electron chi connectivity index (χ2n) is 8.98. The van der Waals surface area contributed by atoms with Gasteiger partial charge in [-0.05, 0) is 42.8 Å². The molecule has 10 heteroatoms. The Morgan fingerprint density at radius 1 is 1.08 bits per heavy atom. The summed E-state index contributed by atoms with van der Waals surface area (Å²) in [7, 11) is 3.81. The first kappa shape index (κ1) is 24.5. The van der Waals surface area contributed by atoms with Crippen LogP contribution in [-0.2, 0) is 9.59 Å². The fourth-order valence-corrected chi connectivity index (χ4v) is 5.45. The molecule has 3 heterocycles. The van der Waals surface area contributed by atoms with Crippen LogP contribution < -0.4 is 19.3 Å². The summed E-state index contributed by atoms with van der Waals surface area (Å²) in [5, 5.41) is 11.6. The number of carbonyl (C=O) groups excluding carboxylic acids is 3. The maximum atomic E-state index is 13.4. The van der Waals surface area contributed by atoms with E-state index in [2.05, 4.69) is 4.98 Å². The number of aliphatic hydroxyl groups is 1. The molecular weight excluding hydrogens is 494 g/mol. The zero-order valence-electron chi connectivity index (χ0n) is 20.8. The number of ketones is 2. The molecule has 0 spiro atoms. The Kier molecular flexibility index (Phi) is 6.20. The van der Waals surface area contributed by atoms with Gasteiger partial charge in [-0.1, -0.05) is 23.5 Å². The SMILES string of the molecule is CC(=O)c1sc(N2C(=O)C(=O)C(=C(O)c3ccc4c(c3)OCCO4)C2c2ccc(N(C)C)cc2)nc1C. The Morgan fingerprint density at radius 3 is 2.38 bits per heavy atom. The van der Waals surface area contributed by atoms with Crippen LogP contribution in [-0.4, -0.2) is 54.9 Å². The Morgan fingerprint density at radius 2 is 1.76 bits per heavy atom. The van der Waals surface area contributed by atoms with Gasteiger partial charge < -0.3 is 19.5 Å². The third-order valence-electron chi connectivity index (χ3n) is 6.30. The number of hydrogen-bond acceptors (Lipinski definition) is 9. The molecule has 1 aromatic heterocycles. The van der Waals surface area contributed by atoms with Gasteiger partial charge in [0.1, 0.15) is 19.0 Å². The Labute approximate surface area is 217 Å². The minimum absolute atomic E-state index is 0.0727. The van der Waals surface area contributed by atoms with Crippen molar-refractivity contribution in [2.24, 2.45) is 0 Å². The number of aryl methyl sites for hydroxylation is 1. The molecule has 2 aromatic carbocycles. The van der Waals surface area contributed by atoms with E-state index in [0.29, 0.717) is 46.4 Å². The minimum atomic E-state index is -0.949. The van der Waals surface area contributed by atoms with E-state index < -0.39 is 17.7 Å². The van der Waals surface area contributed by atoms with Gasteiger partial charge in [0.15, 0.2) is 22.4 Å². The Bertz CT molecular complexity index is 1460. The molecule has 1 fully saturated rings. The summed E-state index contributed by atoms with van der Waals surface area (Å²) in [4.78, 5) is 46.9. The van der Waals surface area contributed by atoms with E-state index in [4.69, 9.17) is 9.47 Å². The number of Topliss-reactive ketones (excluding diaryl/α,β-unsaturated/α-hetero) is 2. The van der Waals surface area contributed by atoms with Gasteiger partial charge in [0.05, 0.1) is 22.2 Å². The lowest BCUT2D eigenvalue weighted by molar-refractivity contribution is -0.132. The van der Waals surface area contributed by atoms with Crippen molar-refractivity contribution in [1.29, 1.82) is 0 Å². The van der Waals surface area contributed by atoms with Crippen molar-refractivity contribution in [3.05, 3.63) is 69.7 Å². The number of rotatable bonds is 5. The first-order chi connectivity index (χ1) is 17.7. The number of aromatic nitrogens is 1. The highest BCUT2D eigenvalue weighted by atomic mass is 32.1. The van der Waals surface area contributed by atoms with Crippen LogP contribution >= 0.6 is 11.3 Å². The summed E-state index contributed by atoms with van der Waals surface area (Å²) in [5.74, 6) is -1.20. The molecule has 1 amide bonds. The number of anilines is 2. The molecule has 37 heavy (non-hydrogen) atoms. The first-order valence-corrected chi connectivity index (χ1v) is 12.5. The van der Waals surface area contributed by atoms with Crippen LogP contribution in [0.2, 0.25) is 0 Å². The Balaban J connectivity index is 1.69. The monoisotopic (exact) mass is 519 g/mol. The van der Waals surface area contributed by atoms with Crippen molar-refractivity contribution in [2.45, 2.75) is 19.9 Å². The van der Waals surface area contributed by atoms with Gasteiger partial charge in [0.25, 0.3) is 5.78 Å². The van der Waals surface area contributed by atoms with E-state index in [0.717, 1.165) is 17.0 Å². The molecule has 190 valence electrons. The van der Waals surface area contributed by atoms with Crippen LogP contribution in [0.4, 0.5) is 10.8 Å². The lowest BCUT2D eigenvalue weighted by Crippen LogP contribution is -2.29. The second-order valence-corrected chi connectivity index (χ2v) is 9.96.